The molecule has 0 aliphatic carbocycles. The minimum atomic E-state index is 0.312. The summed E-state index contributed by atoms with van der Waals surface area (Å²) in [5.74, 6) is 2.16. The minimum Gasteiger partial charge on any atom is -0.370 e. The number of hydrogen-bond acceptors (Lipinski definition) is 3. The molecule has 0 aliphatic rings. The van der Waals surface area contributed by atoms with Gasteiger partial charge >= 0.3 is 0 Å². The van der Waals surface area contributed by atoms with E-state index >= 15 is 0 Å². The Bertz CT molecular complexity index is 645. The van der Waals surface area contributed by atoms with E-state index in [1.165, 1.54) is 16.7 Å². The smallest absolute Gasteiger partial charge is 0.133 e. The fourth-order valence-electron chi connectivity index (χ4n) is 2.40. The van der Waals surface area contributed by atoms with Gasteiger partial charge in [0.05, 0.1) is 5.69 Å². The summed E-state index contributed by atoms with van der Waals surface area (Å²) in [7, 11) is 0. The van der Waals surface area contributed by atoms with Crippen molar-refractivity contribution in [2.24, 2.45) is 0 Å². The van der Waals surface area contributed by atoms with Crippen molar-refractivity contribution in [1.82, 2.24) is 9.97 Å². The molecule has 0 aliphatic heterocycles. The molecule has 0 unspecified atom stereocenters. The predicted molar refractivity (Wildman–Crippen MR) is 89.9 cm³/mol. The number of nitrogens with zero attached hydrogens (tertiary/aromatic N) is 2. The van der Waals surface area contributed by atoms with Crippen LogP contribution in [0, 0.1) is 20.8 Å². The molecule has 3 nitrogen and oxygen atoms in total. The molecule has 0 saturated carbocycles. The Hall–Kier alpha value is -1.90. The average molecular weight is 283 g/mol. The first-order valence-corrected chi connectivity index (χ1v) is 7.64. The van der Waals surface area contributed by atoms with E-state index in [1.54, 1.807) is 0 Å². The zero-order valence-corrected chi connectivity index (χ0v) is 13.9. The summed E-state index contributed by atoms with van der Waals surface area (Å²) < 4.78 is 0. The van der Waals surface area contributed by atoms with E-state index in [-0.39, 0.29) is 0 Å². The van der Waals surface area contributed by atoms with E-state index in [0.717, 1.165) is 29.4 Å². The van der Waals surface area contributed by atoms with Crippen molar-refractivity contribution in [2.45, 2.75) is 47.5 Å². The molecule has 0 amide bonds. The molecule has 0 bridgehead atoms. The van der Waals surface area contributed by atoms with Crippen molar-refractivity contribution in [3.8, 4) is 11.3 Å². The van der Waals surface area contributed by atoms with Crippen LogP contribution in [0.5, 0.6) is 0 Å². The Morgan fingerprint density at radius 1 is 1.05 bits per heavy atom. The lowest BCUT2D eigenvalue weighted by molar-refractivity contribution is 0.774. The van der Waals surface area contributed by atoms with Crippen LogP contribution < -0.4 is 5.32 Å². The minimum absolute atomic E-state index is 0.312. The molecule has 1 aromatic carbocycles. The van der Waals surface area contributed by atoms with Crippen molar-refractivity contribution in [1.29, 1.82) is 0 Å². The molecule has 0 saturated heterocycles. The number of anilines is 1. The van der Waals surface area contributed by atoms with Gasteiger partial charge in [-0.1, -0.05) is 32.0 Å². The second-order valence-corrected chi connectivity index (χ2v) is 5.84. The van der Waals surface area contributed by atoms with Gasteiger partial charge in [0.2, 0.25) is 0 Å². The molecular formula is C18H25N3. The highest BCUT2D eigenvalue weighted by Crippen LogP contribution is 2.30. The molecular weight excluding hydrogens is 258 g/mol. The van der Waals surface area contributed by atoms with E-state index in [0.29, 0.717) is 5.92 Å². The van der Waals surface area contributed by atoms with Crippen molar-refractivity contribution in [2.75, 3.05) is 11.9 Å². The Kier molecular flexibility index (Phi) is 4.61. The number of nitrogens with one attached hydrogen (secondary N) is 1. The monoisotopic (exact) mass is 283 g/mol. The van der Waals surface area contributed by atoms with Crippen LogP contribution in [0.15, 0.2) is 18.2 Å². The summed E-state index contributed by atoms with van der Waals surface area (Å²) in [6.07, 6.45) is 0. The molecule has 0 fully saturated rings. The van der Waals surface area contributed by atoms with E-state index in [9.17, 15) is 0 Å². The fourth-order valence-corrected chi connectivity index (χ4v) is 2.40. The van der Waals surface area contributed by atoms with Crippen molar-refractivity contribution in [3.63, 3.8) is 0 Å². The molecule has 21 heavy (non-hydrogen) atoms. The van der Waals surface area contributed by atoms with Gasteiger partial charge in [-0.2, -0.15) is 0 Å². The van der Waals surface area contributed by atoms with E-state index in [2.05, 4.69) is 70.0 Å². The Morgan fingerprint density at radius 2 is 1.76 bits per heavy atom. The lowest BCUT2D eigenvalue weighted by Gasteiger charge is -2.17. The van der Waals surface area contributed by atoms with Crippen LogP contribution in [0.2, 0.25) is 0 Å². The Morgan fingerprint density at radius 3 is 2.38 bits per heavy atom. The normalized spacial score (nSPS) is 11.0. The fraction of sp³-hybridized carbons (Fsp3) is 0.444. The number of aromatic nitrogens is 2. The van der Waals surface area contributed by atoms with Gasteiger partial charge in [-0.25, -0.2) is 9.97 Å². The first-order chi connectivity index (χ1) is 9.95. The number of aryl methyl sites for hydroxylation is 1. The summed E-state index contributed by atoms with van der Waals surface area (Å²) in [6, 6.07) is 6.39. The first kappa shape index (κ1) is 15.5. The highest BCUT2D eigenvalue weighted by molar-refractivity contribution is 5.71. The highest BCUT2D eigenvalue weighted by atomic mass is 15.0. The van der Waals surface area contributed by atoms with Crippen LogP contribution in [0.1, 0.15) is 49.2 Å². The van der Waals surface area contributed by atoms with Crippen LogP contribution in [-0.2, 0) is 0 Å². The zero-order chi connectivity index (χ0) is 15.6. The summed E-state index contributed by atoms with van der Waals surface area (Å²) in [5, 5.41) is 3.36. The van der Waals surface area contributed by atoms with Gasteiger partial charge in [0.1, 0.15) is 11.6 Å². The standard InChI is InChI=1S/C18H25N3/c1-7-19-18-14(6)16(20-17(21-18)11(2)3)15-10-8-9-12(4)13(15)5/h8-11H,7H2,1-6H3,(H,19,20,21). The highest BCUT2D eigenvalue weighted by Gasteiger charge is 2.15. The quantitative estimate of drug-likeness (QED) is 0.889. The molecule has 0 atom stereocenters. The molecule has 3 heteroatoms. The average Bonchev–Trinajstić information content (AvgIpc) is 2.44. The predicted octanol–water partition coefficient (Wildman–Crippen LogP) is 4.62. The largest absolute Gasteiger partial charge is 0.370 e. The van der Waals surface area contributed by atoms with Gasteiger partial charge in [-0.3, -0.25) is 0 Å². The topological polar surface area (TPSA) is 37.8 Å². The molecule has 1 aromatic heterocycles. The Labute approximate surface area is 127 Å². The van der Waals surface area contributed by atoms with Crippen LogP contribution in [0.4, 0.5) is 5.82 Å². The van der Waals surface area contributed by atoms with Gasteiger partial charge in [0.15, 0.2) is 0 Å². The van der Waals surface area contributed by atoms with Gasteiger partial charge in [-0.05, 0) is 38.8 Å². The van der Waals surface area contributed by atoms with E-state index in [1.807, 2.05) is 0 Å². The molecule has 112 valence electrons. The third-order valence-electron chi connectivity index (χ3n) is 3.88. The molecule has 1 heterocycles. The molecule has 2 rings (SSSR count). The molecule has 0 spiro atoms. The summed E-state index contributed by atoms with van der Waals surface area (Å²) in [5.41, 5.74) is 5.95. The number of benzene rings is 1. The lowest BCUT2D eigenvalue weighted by atomic mass is 9.98. The van der Waals surface area contributed by atoms with Crippen molar-refractivity contribution >= 4 is 5.82 Å². The van der Waals surface area contributed by atoms with Crippen LogP contribution in [0.25, 0.3) is 11.3 Å². The van der Waals surface area contributed by atoms with Crippen molar-refractivity contribution in [3.05, 3.63) is 40.7 Å². The van der Waals surface area contributed by atoms with Crippen molar-refractivity contribution < 1.29 is 0 Å². The summed E-state index contributed by atoms with van der Waals surface area (Å²) in [4.78, 5) is 9.51. The van der Waals surface area contributed by atoms with Crippen LogP contribution in [0.3, 0.4) is 0 Å². The summed E-state index contributed by atoms with van der Waals surface area (Å²) >= 11 is 0. The van der Waals surface area contributed by atoms with Crippen LogP contribution in [-0.4, -0.2) is 16.5 Å². The maximum atomic E-state index is 4.84. The molecule has 2 aromatic rings. The number of rotatable bonds is 4. The third kappa shape index (κ3) is 3.07. The maximum Gasteiger partial charge on any atom is 0.133 e. The molecule has 0 radical (unpaired) electrons. The third-order valence-corrected chi connectivity index (χ3v) is 3.88. The van der Waals surface area contributed by atoms with E-state index < -0.39 is 0 Å². The second kappa shape index (κ2) is 6.25. The van der Waals surface area contributed by atoms with Gasteiger partial charge in [-0.15, -0.1) is 0 Å². The zero-order valence-electron chi connectivity index (χ0n) is 13.9. The Balaban J connectivity index is 2.69. The van der Waals surface area contributed by atoms with Crippen LogP contribution >= 0.6 is 0 Å². The van der Waals surface area contributed by atoms with E-state index in [4.69, 9.17) is 4.98 Å². The number of hydrogen-bond donors (Lipinski definition) is 1. The summed E-state index contributed by atoms with van der Waals surface area (Å²) in [6.45, 7) is 13.6. The van der Waals surface area contributed by atoms with Gasteiger partial charge in [0, 0.05) is 23.6 Å². The lowest BCUT2D eigenvalue weighted by Crippen LogP contribution is -2.09. The SMILES string of the molecule is CCNc1nc(C(C)C)nc(-c2cccc(C)c2C)c1C. The second-order valence-electron chi connectivity index (χ2n) is 5.84. The first-order valence-electron chi connectivity index (χ1n) is 7.64. The molecule has 1 N–H and O–H groups in total. The van der Waals surface area contributed by atoms with Gasteiger partial charge < -0.3 is 5.32 Å². The maximum absolute atomic E-state index is 4.84. The van der Waals surface area contributed by atoms with Gasteiger partial charge in [0.25, 0.3) is 0 Å².